The van der Waals surface area contributed by atoms with Crippen molar-refractivity contribution >= 4 is 16.7 Å². The Bertz CT molecular complexity index is 1260. The standard InChI is InChI=1S/C22H20N6O2/c1-12-10-28(22(29)21-27-26-20(30-21)13-6-7-13)19(18-17(12)24-11-25-18)16-8-14-4-2-3-5-15(14)9-23-16/h2-5,8-9,11-13,19H,6-7,10H2,1H3,(H,24,25)/t12-,19-/m0/s1. The number of pyridine rings is 1. The molecule has 30 heavy (non-hydrogen) atoms. The number of hydrogen-bond donors (Lipinski definition) is 1. The zero-order valence-corrected chi connectivity index (χ0v) is 16.4. The van der Waals surface area contributed by atoms with Crippen molar-refractivity contribution in [2.75, 3.05) is 6.54 Å². The van der Waals surface area contributed by atoms with Crippen molar-refractivity contribution in [3.63, 3.8) is 0 Å². The number of imidazole rings is 1. The van der Waals surface area contributed by atoms with Gasteiger partial charge < -0.3 is 14.3 Å². The highest BCUT2D eigenvalue weighted by Gasteiger charge is 2.40. The summed E-state index contributed by atoms with van der Waals surface area (Å²) in [6.45, 7) is 2.56. The van der Waals surface area contributed by atoms with Gasteiger partial charge in [0.25, 0.3) is 0 Å². The fraction of sp³-hybridized carbons (Fsp3) is 0.318. The van der Waals surface area contributed by atoms with Gasteiger partial charge in [0, 0.05) is 30.0 Å². The summed E-state index contributed by atoms with van der Waals surface area (Å²) in [5.41, 5.74) is 2.62. The zero-order chi connectivity index (χ0) is 20.2. The Balaban J connectivity index is 1.45. The molecule has 1 amide bonds. The van der Waals surface area contributed by atoms with Crippen molar-refractivity contribution < 1.29 is 9.21 Å². The first-order valence-corrected chi connectivity index (χ1v) is 10.2. The predicted molar refractivity (Wildman–Crippen MR) is 108 cm³/mol. The molecule has 1 N–H and O–H groups in total. The smallest absolute Gasteiger partial charge is 0.312 e. The lowest BCUT2D eigenvalue weighted by Crippen LogP contribution is -2.42. The molecular weight excluding hydrogens is 380 g/mol. The number of fused-ring (bicyclic) bond motifs is 2. The van der Waals surface area contributed by atoms with Crippen LogP contribution in [-0.2, 0) is 0 Å². The van der Waals surface area contributed by atoms with Crippen LogP contribution in [0.15, 0.2) is 47.3 Å². The van der Waals surface area contributed by atoms with Crippen LogP contribution in [0.3, 0.4) is 0 Å². The van der Waals surface area contributed by atoms with Crippen LogP contribution in [0.4, 0.5) is 0 Å². The third kappa shape index (κ3) is 2.71. The Hall–Kier alpha value is -3.55. The number of carbonyl (C=O) groups excluding carboxylic acids is 1. The molecule has 3 aromatic heterocycles. The highest BCUT2D eigenvalue weighted by molar-refractivity contribution is 5.90. The molecule has 0 spiro atoms. The van der Waals surface area contributed by atoms with E-state index in [0.29, 0.717) is 18.4 Å². The van der Waals surface area contributed by atoms with Crippen LogP contribution in [0.25, 0.3) is 10.8 Å². The zero-order valence-electron chi connectivity index (χ0n) is 16.4. The van der Waals surface area contributed by atoms with Gasteiger partial charge in [-0.05, 0) is 24.3 Å². The minimum atomic E-state index is -0.396. The van der Waals surface area contributed by atoms with E-state index in [-0.39, 0.29) is 17.7 Å². The molecule has 0 saturated heterocycles. The van der Waals surface area contributed by atoms with Gasteiger partial charge in [0.1, 0.15) is 6.04 Å². The van der Waals surface area contributed by atoms with Crippen molar-refractivity contribution in [1.29, 1.82) is 0 Å². The van der Waals surface area contributed by atoms with Crippen molar-refractivity contribution in [1.82, 2.24) is 30.0 Å². The molecule has 1 aliphatic heterocycles. The molecule has 4 heterocycles. The Morgan fingerprint density at radius 3 is 2.83 bits per heavy atom. The summed E-state index contributed by atoms with van der Waals surface area (Å²) < 4.78 is 5.72. The predicted octanol–water partition coefficient (Wildman–Crippen LogP) is 3.57. The summed E-state index contributed by atoms with van der Waals surface area (Å²) in [4.78, 5) is 27.7. The quantitative estimate of drug-likeness (QED) is 0.564. The van der Waals surface area contributed by atoms with Crippen molar-refractivity contribution in [3.8, 4) is 0 Å². The number of nitrogens with one attached hydrogen (secondary N) is 1. The number of hydrogen-bond acceptors (Lipinski definition) is 6. The molecule has 2 atom stereocenters. The molecule has 8 heteroatoms. The van der Waals surface area contributed by atoms with E-state index in [1.807, 2.05) is 36.5 Å². The molecule has 0 radical (unpaired) electrons. The molecule has 8 nitrogen and oxygen atoms in total. The summed E-state index contributed by atoms with van der Waals surface area (Å²) in [7, 11) is 0. The van der Waals surface area contributed by atoms with Gasteiger partial charge in [-0.3, -0.25) is 9.78 Å². The van der Waals surface area contributed by atoms with Gasteiger partial charge in [-0.2, -0.15) is 0 Å². The van der Waals surface area contributed by atoms with Gasteiger partial charge in [0.15, 0.2) is 0 Å². The topological polar surface area (TPSA) is 101 Å². The van der Waals surface area contributed by atoms with Crippen LogP contribution >= 0.6 is 0 Å². The Morgan fingerprint density at radius 2 is 2.00 bits per heavy atom. The van der Waals surface area contributed by atoms with E-state index in [1.165, 1.54) is 0 Å². The first kappa shape index (κ1) is 17.3. The second kappa shape index (κ2) is 6.48. The molecule has 1 saturated carbocycles. The van der Waals surface area contributed by atoms with E-state index in [9.17, 15) is 4.79 Å². The molecule has 1 aromatic carbocycles. The maximum Gasteiger partial charge on any atom is 0.312 e. The third-order valence-corrected chi connectivity index (χ3v) is 5.97. The number of benzene rings is 1. The minimum Gasteiger partial charge on any atom is -0.417 e. The Morgan fingerprint density at radius 1 is 1.17 bits per heavy atom. The largest absolute Gasteiger partial charge is 0.417 e. The number of carbonyl (C=O) groups is 1. The lowest BCUT2D eigenvalue weighted by Gasteiger charge is -2.36. The van der Waals surface area contributed by atoms with Gasteiger partial charge in [-0.25, -0.2) is 4.98 Å². The summed E-state index contributed by atoms with van der Waals surface area (Å²) in [6, 6.07) is 9.69. The van der Waals surface area contributed by atoms with Crippen molar-refractivity contribution in [2.45, 2.75) is 37.6 Å². The van der Waals surface area contributed by atoms with Gasteiger partial charge in [-0.15, -0.1) is 10.2 Å². The average Bonchev–Trinajstić information content (AvgIpc) is 3.29. The monoisotopic (exact) mass is 400 g/mol. The highest BCUT2D eigenvalue weighted by Crippen LogP contribution is 2.41. The average molecular weight is 400 g/mol. The molecule has 1 fully saturated rings. The van der Waals surface area contributed by atoms with Crippen LogP contribution in [0.5, 0.6) is 0 Å². The second-order valence-electron chi connectivity index (χ2n) is 8.14. The van der Waals surface area contributed by atoms with Gasteiger partial charge in [-0.1, -0.05) is 31.2 Å². The number of aromatic amines is 1. The fourth-order valence-corrected chi connectivity index (χ4v) is 4.27. The number of nitrogens with zero attached hydrogens (tertiary/aromatic N) is 5. The number of rotatable bonds is 3. The lowest BCUT2D eigenvalue weighted by molar-refractivity contribution is 0.0627. The first-order valence-electron chi connectivity index (χ1n) is 10.2. The lowest BCUT2D eigenvalue weighted by atomic mass is 9.92. The third-order valence-electron chi connectivity index (χ3n) is 5.97. The SMILES string of the molecule is C[C@H]1CN(C(=O)c2nnc(C3CC3)o2)[C@@H](c2cc3ccccc3cn2)c2[nH]cnc21. The van der Waals surface area contributed by atoms with Crippen molar-refractivity contribution in [3.05, 3.63) is 71.7 Å². The van der Waals surface area contributed by atoms with E-state index in [1.54, 1.807) is 11.2 Å². The van der Waals surface area contributed by atoms with E-state index >= 15 is 0 Å². The maximum atomic E-state index is 13.4. The van der Waals surface area contributed by atoms with Crippen LogP contribution in [-0.4, -0.2) is 42.5 Å². The van der Waals surface area contributed by atoms with Gasteiger partial charge in [0.2, 0.25) is 5.89 Å². The van der Waals surface area contributed by atoms with E-state index in [0.717, 1.165) is 40.7 Å². The molecule has 0 bridgehead atoms. The molecular formula is C22H20N6O2. The van der Waals surface area contributed by atoms with Crippen LogP contribution in [0.2, 0.25) is 0 Å². The normalized spacial score (nSPS) is 21.0. The molecule has 0 unspecified atom stereocenters. The van der Waals surface area contributed by atoms with E-state index in [4.69, 9.17) is 9.40 Å². The van der Waals surface area contributed by atoms with E-state index in [2.05, 4.69) is 27.1 Å². The summed E-state index contributed by atoms with van der Waals surface area (Å²) in [6.07, 6.45) is 5.61. The van der Waals surface area contributed by atoms with Crippen LogP contribution in [0.1, 0.15) is 71.3 Å². The minimum absolute atomic E-state index is 0.0397. The molecule has 1 aliphatic carbocycles. The van der Waals surface area contributed by atoms with Crippen molar-refractivity contribution in [2.24, 2.45) is 0 Å². The van der Waals surface area contributed by atoms with Crippen LogP contribution < -0.4 is 0 Å². The first-order chi connectivity index (χ1) is 14.7. The summed E-state index contributed by atoms with van der Waals surface area (Å²) >= 11 is 0. The molecule has 2 aliphatic rings. The number of aromatic nitrogens is 5. The van der Waals surface area contributed by atoms with Gasteiger partial charge in [0.05, 0.1) is 23.4 Å². The Kier molecular flexibility index (Phi) is 3.74. The number of H-pyrrole nitrogens is 1. The molecule has 150 valence electrons. The van der Waals surface area contributed by atoms with Crippen LogP contribution in [0, 0.1) is 0 Å². The molecule has 4 aromatic rings. The second-order valence-corrected chi connectivity index (χ2v) is 8.14. The summed E-state index contributed by atoms with van der Waals surface area (Å²) in [5.74, 6) is 0.708. The summed E-state index contributed by atoms with van der Waals surface area (Å²) in [5, 5.41) is 10.3. The van der Waals surface area contributed by atoms with Gasteiger partial charge >= 0.3 is 11.8 Å². The fourth-order valence-electron chi connectivity index (χ4n) is 4.27. The molecule has 6 rings (SSSR count). The maximum absolute atomic E-state index is 13.4. The Labute approximate surface area is 172 Å². The number of amides is 1. The highest BCUT2D eigenvalue weighted by atomic mass is 16.4. The van der Waals surface area contributed by atoms with E-state index < -0.39 is 6.04 Å².